The predicted molar refractivity (Wildman–Crippen MR) is 89.9 cm³/mol. The smallest absolute Gasteiger partial charge is 0.163 e. The first-order valence-corrected chi connectivity index (χ1v) is 8.12. The zero-order valence-corrected chi connectivity index (χ0v) is 14.1. The first kappa shape index (κ1) is 16.1. The minimum atomic E-state index is -0.733. The Morgan fingerprint density at radius 3 is 2.40 bits per heavy atom. The van der Waals surface area contributed by atoms with E-state index < -0.39 is 11.4 Å². The molecule has 0 saturated carbocycles. The zero-order chi connectivity index (χ0) is 17.8. The van der Waals surface area contributed by atoms with Crippen LogP contribution in [-0.4, -0.2) is 39.9 Å². The van der Waals surface area contributed by atoms with Crippen LogP contribution in [-0.2, 0) is 15.9 Å². The molecule has 1 unspecified atom stereocenters. The molecule has 0 aromatic heterocycles. The van der Waals surface area contributed by atoms with Crippen molar-refractivity contribution < 1.29 is 29.5 Å². The summed E-state index contributed by atoms with van der Waals surface area (Å²) in [5, 5.41) is 29.7. The third-order valence-corrected chi connectivity index (χ3v) is 4.60. The van der Waals surface area contributed by atoms with Gasteiger partial charge in [-0.15, -0.1) is 0 Å². The highest BCUT2D eigenvalue weighted by atomic mass is 16.8. The van der Waals surface area contributed by atoms with Gasteiger partial charge in [-0.05, 0) is 49.2 Å². The summed E-state index contributed by atoms with van der Waals surface area (Å²) in [5.41, 5.74) is 1.55. The standard InChI is InChI=1S/C19H20O6/c1-18(2)24-10-19(25-18)8-11-5-15(21)16(22)7-14(11)13-4-3-12(20)6-17(13)23-9-19/h3-7,20-22H,8-10H2,1-2H3. The van der Waals surface area contributed by atoms with Crippen molar-refractivity contribution in [2.45, 2.75) is 31.7 Å². The number of ether oxygens (including phenoxy) is 3. The van der Waals surface area contributed by atoms with Gasteiger partial charge in [-0.2, -0.15) is 0 Å². The van der Waals surface area contributed by atoms with Crippen LogP contribution in [0.2, 0.25) is 0 Å². The van der Waals surface area contributed by atoms with Gasteiger partial charge in [0.1, 0.15) is 23.7 Å². The van der Waals surface area contributed by atoms with Gasteiger partial charge in [0, 0.05) is 18.1 Å². The average Bonchev–Trinajstić information content (AvgIpc) is 2.84. The molecule has 1 saturated heterocycles. The first-order valence-electron chi connectivity index (χ1n) is 8.12. The summed E-state index contributed by atoms with van der Waals surface area (Å²) in [6.07, 6.45) is 0.458. The van der Waals surface area contributed by atoms with Gasteiger partial charge >= 0.3 is 0 Å². The van der Waals surface area contributed by atoms with Crippen LogP contribution in [0, 0.1) is 0 Å². The minimum absolute atomic E-state index is 0.0850. The molecule has 1 atom stereocenters. The maximum absolute atomic E-state index is 9.97. The molecule has 0 aliphatic carbocycles. The Kier molecular flexibility index (Phi) is 3.39. The number of hydrogen-bond acceptors (Lipinski definition) is 6. The van der Waals surface area contributed by atoms with Crippen molar-refractivity contribution in [2.75, 3.05) is 13.2 Å². The summed E-state index contributed by atoms with van der Waals surface area (Å²) >= 11 is 0. The lowest BCUT2D eigenvalue weighted by atomic mass is 9.88. The van der Waals surface area contributed by atoms with E-state index in [4.69, 9.17) is 14.2 Å². The Hall–Kier alpha value is -2.44. The van der Waals surface area contributed by atoms with Crippen LogP contribution in [0.5, 0.6) is 23.0 Å². The highest BCUT2D eigenvalue weighted by Gasteiger charge is 2.47. The molecular formula is C19H20O6. The van der Waals surface area contributed by atoms with E-state index in [0.29, 0.717) is 18.8 Å². The third kappa shape index (κ3) is 2.77. The summed E-state index contributed by atoms with van der Waals surface area (Å²) in [4.78, 5) is 0. The lowest BCUT2D eigenvalue weighted by Crippen LogP contribution is -2.43. The van der Waals surface area contributed by atoms with E-state index in [1.807, 2.05) is 13.8 Å². The van der Waals surface area contributed by atoms with Gasteiger partial charge in [-0.3, -0.25) is 0 Å². The van der Waals surface area contributed by atoms with Gasteiger partial charge in [0.2, 0.25) is 0 Å². The second-order valence-electron chi connectivity index (χ2n) is 7.12. The number of fused-ring (bicyclic) bond motifs is 3. The van der Waals surface area contributed by atoms with Crippen LogP contribution in [0.3, 0.4) is 0 Å². The lowest BCUT2D eigenvalue weighted by Gasteiger charge is -2.32. The molecule has 2 aromatic rings. The number of aromatic hydroxyl groups is 3. The second-order valence-corrected chi connectivity index (χ2v) is 7.12. The molecule has 0 radical (unpaired) electrons. The van der Waals surface area contributed by atoms with Crippen LogP contribution in [0.1, 0.15) is 19.4 Å². The topological polar surface area (TPSA) is 88.4 Å². The zero-order valence-electron chi connectivity index (χ0n) is 14.1. The summed E-state index contributed by atoms with van der Waals surface area (Å²) in [7, 11) is 0. The molecule has 4 rings (SSSR count). The maximum atomic E-state index is 9.97. The van der Waals surface area contributed by atoms with Crippen molar-refractivity contribution in [3.8, 4) is 34.1 Å². The summed E-state index contributed by atoms with van der Waals surface area (Å²) in [6.45, 7) is 4.27. The average molecular weight is 344 g/mol. The molecule has 6 heteroatoms. The van der Waals surface area contributed by atoms with E-state index in [1.165, 1.54) is 12.1 Å². The van der Waals surface area contributed by atoms with Crippen molar-refractivity contribution in [2.24, 2.45) is 0 Å². The van der Waals surface area contributed by atoms with Gasteiger partial charge in [0.25, 0.3) is 0 Å². The van der Waals surface area contributed by atoms with Gasteiger partial charge in [0.15, 0.2) is 17.3 Å². The summed E-state index contributed by atoms with van der Waals surface area (Å²) in [6, 6.07) is 7.87. The van der Waals surface area contributed by atoms with Crippen molar-refractivity contribution in [3.63, 3.8) is 0 Å². The summed E-state index contributed by atoms with van der Waals surface area (Å²) < 4.78 is 17.8. The van der Waals surface area contributed by atoms with Crippen LogP contribution in [0.4, 0.5) is 0 Å². The highest BCUT2D eigenvalue weighted by molar-refractivity contribution is 5.77. The normalized spacial score (nSPS) is 24.1. The van der Waals surface area contributed by atoms with Crippen LogP contribution >= 0.6 is 0 Å². The molecule has 2 aliphatic rings. The second kappa shape index (κ2) is 5.28. The fraction of sp³-hybridized carbons (Fsp3) is 0.368. The van der Waals surface area contributed by atoms with Crippen molar-refractivity contribution in [3.05, 3.63) is 35.9 Å². The van der Waals surface area contributed by atoms with E-state index in [0.717, 1.165) is 16.7 Å². The van der Waals surface area contributed by atoms with Gasteiger partial charge in [-0.25, -0.2) is 0 Å². The van der Waals surface area contributed by atoms with Crippen molar-refractivity contribution in [1.82, 2.24) is 0 Å². The minimum Gasteiger partial charge on any atom is -0.508 e. The van der Waals surface area contributed by atoms with Crippen LogP contribution in [0.15, 0.2) is 30.3 Å². The lowest BCUT2D eigenvalue weighted by molar-refractivity contribution is -0.167. The van der Waals surface area contributed by atoms with E-state index in [9.17, 15) is 15.3 Å². The van der Waals surface area contributed by atoms with Crippen LogP contribution < -0.4 is 4.74 Å². The fourth-order valence-corrected chi connectivity index (χ4v) is 3.52. The SMILES string of the molecule is CC1(C)OCC2(COc3cc(O)ccc3-c3cc(O)c(O)cc3C2)O1. The molecule has 3 N–H and O–H groups in total. The van der Waals surface area contributed by atoms with Gasteiger partial charge < -0.3 is 29.5 Å². The van der Waals surface area contributed by atoms with E-state index in [-0.39, 0.29) is 23.9 Å². The molecule has 2 heterocycles. The summed E-state index contributed by atoms with van der Waals surface area (Å²) in [5.74, 6) is -0.561. The Bertz CT molecular complexity index is 844. The van der Waals surface area contributed by atoms with Crippen molar-refractivity contribution >= 4 is 0 Å². The molecule has 132 valence electrons. The van der Waals surface area contributed by atoms with E-state index in [2.05, 4.69) is 0 Å². The Labute approximate surface area is 145 Å². The number of hydrogen-bond donors (Lipinski definition) is 3. The number of phenolic OH excluding ortho intramolecular Hbond substituents is 3. The van der Waals surface area contributed by atoms with E-state index in [1.54, 1.807) is 18.2 Å². The molecule has 2 aromatic carbocycles. The molecule has 1 fully saturated rings. The Morgan fingerprint density at radius 1 is 0.920 bits per heavy atom. The van der Waals surface area contributed by atoms with Crippen LogP contribution in [0.25, 0.3) is 11.1 Å². The number of phenols is 3. The van der Waals surface area contributed by atoms with E-state index >= 15 is 0 Å². The monoisotopic (exact) mass is 344 g/mol. The number of rotatable bonds is 0. The highest BCUT2D eigenvalue weighted by Crippen LogP contribution is 2.45. The molecule has 6 nitrogen and oxygen atoms in total. The molecular weight excluding hydrogens is 324 g/mol. The Morgan fingerprint density at radius 2 is 1.68 bits per heavy atom. The molecule has 25 heavy (non-hydrogen) atoms. The quantitative estimate of drug-likeness (QED) is 0.637. The van der Waals surface area contributed by atoms with Crippen molar-refractivity contribution in [1.29, 1.82) is 0 Å². The molecule has 0 bridgehead atoms. The molecule has 0 amide bonds. The maximum Gasteiger partial charge on any atom is 0.163 e. The van der Waals surface area contributed by atoms with Gasteiger partial charge in [-0.1, -0.05) is 0 Å². The predicted octanol–water partition coefficient (Wildman–Crippen LogP) is 2.93. The third-order valence-electron chi connectivity index (χ3n) is 4.60. The molecule has 1 spiro atoms. The van der Waals surface area contributed by atoms with Gasteiger partial charge in [0.05, 0.1) is 6.61 Å². The first-order chi connectivity index (χ1) is 11.8. The largest absolute Gasteiger partial charge is 0.508 e. The fourth-order valence-electron chi connectivity index (χ4n) is 3.52. The molecule has 2 aliphatic heterocycles. The Balaban J connectivity index is 1.89. The number of benzene rings is 2.